The molecule has 7 nitrogen and oxygen atoms in total. The van der Waals surface area contributed by atoms with E-state index in [9.17, 15) is 9.59 Å². The molecule has 3 rings (SSSR count). The number of esters is 1. The summed E-state index contributed by atoms with van der Waals surface area (Å²) >= 11 is 0. The summed E-state index contributed by atoms with van der Waals surface area (Å²) in [5.74, 6) is 0.244. The van der Waals surface area contributed by atoms with Crippen LogP contribution in [0.25, 0.3) is 10.9 Å². The highest BCUT2D eigenvalue weighted by Gasteiger charge is 2.20. The van der Waals surface area contributed by atoms with Gasteiger partial charge in [0.25, 0.3) is 0 Å². The number of benzene rings is 2. The number of aromatic nitrogens is 1. The molecule has 0 saturated heterocycles. The zero-order valence-corrected chi connectivity index (χ0v) is 16.3. The number of amides is 2. The molecule has 0 aliphatic rings. The molecule has 0 spiro atoms. The average molecular weight is 393 g/mol. The maximum Gasteiger partial charge on any atom is 0.319 e. The molecule has 3 aromatic rings. The lowest BCUT2D eigenvalue weighted by atomic mass is 10.0. The molecule has 0 aliphatic heterocycles. The fourth-order valence-corrected chi connectivity index (χ4v) is 3.03. The molecule has 1 heterocycles. The van der Waals surface area contributed by atoms with Crippen LogP contribution >= 0.6 is 0 Å². The van der Waals surface area contributed by atoms with Gasteiger partial charge in [0.2, 0.25) is 0 Å². The number of hydrogen-bond donors (Lipinski definition) is 2. The van der Waals surface area contributed by atoms with Crippen LogP contribution in [0.1, 0.15) is 24.9 Å². The number of nitrogens with zero attached hydrogens (tertiary/aromatic N) is 1. The Balaban J connectivity index is 1.80. The minimum absolute atomic E-state index is 0.00548. The lowest BCUT2D eigenvalue weighted by molar-refractivity contribution is -0.143. The summed E-state index contributed by atoms with van der Waals surface area (Å²) in [5.41, 5.74) is 2.15. The Hall–Kier alpha value is -3.61. The van der Waals surface area contributed by atoms with Gasteiger partial charge in [-0.1, -0.05) is 18.2 Å². The zero-order chi connectivity index (χ0) is 20.6. The third kappa shape index (κ3) is 5.22. The van der Waals surface area contributed by atoms with Crippen LogP contribution in [-0.2, 0) is 9.53 Å². The Kier molecular flexibility index (Phi) is 6.63. The molecule has 1 aromatic heterocycles. The first-order chi connectivity index (χ1) is 14.1. The number of nitrogens with one attached hydrogen (secondary N) is 2. The van der Waals surface area contributed by atoms with Crippen molar-refractivity contribution in [1.82, 2.24) is 10.3 Å². The van der Waals surface area contributed by atoms with Crippen molar-refractivity contribution >= 4 is 28.6 Å². The van der Waals surface area contributed by atoms with E-state index in [0.29, 0.717) is 11.4 Å². The number of pyridine rings is 1. The Labute approximate surface area is 169 Å². The molecular formula is C22H23N3O4. The molecule has 0 unspecified atom stereocenters. The highest BCUT2D eigenvalue weighted by Crippen LogP contribution is 2.24. The molecule has 0 bridgehead atoms. The Morgan fingerprint density at radius 1 is 1.10 bits per heavy atom. The summed E-state index contributed by atoms with van der Waals surface area (Å²) < 4.78 is 10.3. The van der Waals surface area contributed by atoms with Gasteiger partial charge in [-0.25, -0.2) is 4.79 Å². The quantitative estimate of drug-likeness (QED) is 0.591. The van der Waals surface area contributed by atoms with Crippen molar-refractivity contribution in [2.24, 2.45) is 0 Å². The van der Waals surface area contributed by atoms with E-state index < -0.39 is 18.0 Å². The first-order valence-corrected chi connectivity index (χ1v) is 9.31. The summed E-state index contributed by atoms with van der Waals surface area (Å²) in [6, 6.07) is 15.4. The smallest absolute Gasteiger partial charge is 0.319 e. The number of carbonyl (C=O) groups is 2. The number of rotatable bonds is 7. The van der Waals surface area contributed by atoms with E-state index in [2.05, 4.69) is 15.6 Å². The summed E-state index contributed by atoms with van der Waals surface area (Å²) in [5, 5.41) is 6.53. The minimum Gasteiger partial charge on any atom is -0.497 e. The lowest BCUT2D eigenvalue weighted by Crippen LogP contribution is -2.34. The molecule has 150 valence electrons. The third-order valence-corrected chi connectivity index (χ3v) is 4.37. The summed E-state index contributed by atoms with van der Waals surface area (Å²) in [7, 11) is 1.56. The predicted octanol–water partition coefficient (Wildman–Crippen LogP) is 4.06. The summed E-state index contributed by atoms with van der Waals surface area (Å²) in [6.07, 6.45) is 1.70. The van der Waals surface area contributed by atoms with Crippen LogP contribution in [0, 0.1) is 0 Å². The van der Waals surface area contributed by atoms with Crippen LogP contribution in [0.5, 0.6) is 5.75 Å². The normalized spacial score (nSPS) is 11.5. The van der Waals surface area contributed by atoms with Gasteiger partial charge in [0, 0.05) is 11.6 Å². The highest BCUT2D eigenvalue weighted by atomic mass is 16.5. The maximum absolute atomic E-state index is 12.7. The van der Waals surface area contributed by atoms with E-state index in [1.54, 1.807) is 38.4 Å². The monoisotopic (exact) mass is 393 g/mol. The second-order valence-corrected chi connectivity index (χ2v) is 6.31. The molecule has 1 atom stereocenters. The fraction of sp³-hybridized carbons (Fsp3) is 0.227. The Morgan fingerprint density at radius 3 is 2.72 bits per heavy atom. The second-order valence-electron chi connectivity index (χ2n) is 6.31. The number of fused-ring (bicyclic) bond motifs is 1. The SMILES string of the molecule is CCOC(=O)C[C@@H](NC(=O)Nc1cccc2ncccc12)c1cccc(OC)c1. The molecule has 7 heteroatoms. The van der Waals surface area contributed by atoms with E-state index in [4.69, 9.17) is 9.47 Å². The van der Waals surface area contributed by atoms with Crippen molar-refractivity contribution in [3.05, 3.63) is 66.4 Å². The van der Waals surface area contributed by atoms with Gasteiger partial charge >= 0.3 is 12.0 Å². The third-order valence-electron chi connectivity index (χ3n) is 4.37. The summed E-state index contributed by atoms with van der Waals surface area (Å²) in [6.45, 7) is 2.02. The Bertz CT molecular complexity index is 1000. The zero-order valence-electron chi connectivity index (χ0n) is 16.3. The van der Waals surface area contributed by atoms with Crippen LogP contribution in [0.4, 0.5) is 10.5 Å². The van der Waals surface area contributed by atoms with Gasteiger partial charge < -0.3 is 20.1 Å². The molecule has 0 saturated carbocycles. The first-order valence-electron chi connectivity index (χ1n) is 9.31. The second kappa shape index (κ2) is 9.54. The van der Waals surface area contributed by atoms with Gasteiger partial charge in [0.1, 0.15) is 5.75 Å². The van der Waals surface area contributed by atoms with Crippen molar-refractivity contribution < 1.29 is 19.1 Å². The van der Waals surface area contributed by atoms with E-state index in [-0.39, 0.29) is 13.0 Å². The van der Waals surface area contributed by atoms with Crippen LogP contribution in [-0.4, -0.2) is 30.7 Å². The van der Waals surface area contributed by atoms with Gasteiger partial charge in [-0.2, -0.15) is 0 Å². The largest absolute Gasteiger partial charge is 0.497 e. The highest BCUT2D eigenvalue weighted by molar-refractivity contribution is 6.00. The Morgan fingerprint density at radius 2 is 1.93 bits per heavy atom. The number of carbonyl (C=O) groups excluding carboxylic acids is 2. The van der Waals surface area contributed by atoms with Crippen molar-refractivity contribution in [2.45, 2.75) is 19.4 Å². The van der Waals surface area contributed by atoms with E-state index >= 15 is 0 Å². The van der Waals surface area contributed by atoms with Gasteiger partial charge in [0.15, 0.2) is 0 Å². The van der Waals surface area contributed by atoms with E-state index in [1.807, 2.05) is 36.4 Å². The van der Waals surface area contributed by atoms with Gasteiger partial charge in [-0.05, 0) is 48.9 Å². The van der Waals surface area contributed by atoms with Crippen molar-refractivity contribution in [2.75, 3.05) is 19.0 Å². The van der Waals surface area contributed by atoms with Crippen LogP contribution in [0.2, 0.25) is 0 Å². The molecule has 0 fully saturated rings. The minimum atomic E-state index is -0.572. The molecule has 29 heavy (non-hydrogen) atoms. The summed E-state index contributed by atoms with van der Waals surface area (Å²) in [4.78, 5) is 29.1. The van der Waals surface area contributed by atoms with Gasteiger partial charge in [-0.3, -0.25) is 9.78 Å². The maximum atomic E-state index is 12.7. The fourth-order valence-electron chi connectivity index (χ4n) is 3.03. The molecule has 0 radical (unpaired) electrons. The number of ether oxygens (including phenoxy) is 2. The van der Waals surface area contributed by atoms with Crippen LogP contribution in [0.15, 0.2) is 60.8 Å². The van der Waals surface area contributed by atoms with E-state index in [1.165, 1.54) is 0 Å². The topological polar surface area (TPSA) is 89.5 Å². The molecule has 2 N–H and O–H groups in total. The van der Waals surface area contributed by atoms with Crippen molar-refractivity contribution in [1.29, 1.82) is 0 Å². The number of anilines is 1. The molecule has 2 amide bonds. The van der Waals surface area contributed by atoms with Gasteiger partial charge in [-0.15, -0.1) is 0 Å². The number of urea groups is 1. The predicted molar refractivity (Wildman–Crippen MR) is 111 cm³/mol. The molecular weight excluding hydrogens is 370 g/mol. The first kappa shape index (κ1) is 20.1. The van der Waals surface area contributed by atoms with Crippen molar-refractivity contribution in [3.63, 3.8) is 0 Å². The van der Waals surface area contributed by atoms with Crippen LogP contribution in [0.3, 0.4) is 0 Å². The van der Waals surface area contributed by atoms with Crippen LogP contribution < -0.4 is 15.4 Å². The standard InChI is InChI=1S/C22H23N3O4/c1-3-29-21(26)14-20(15-7-4-8-16(13-15)28-2)25-22(27)24-19-11-5-10-18-17(19)9-6-12-23-18/h4-13,20H,3,14H2,1-2H3,(H2,24,25,27)/t20-/m1/s1. The van der Waals surface area contributed by atoms with Crippen molar-refractivity contribution in [3.8, 4) is 5.75 Å². The van der Waals surface area contributed by atoms with Gasteiger partial charge in [0.05, 0.1) is 37.4 Å². The molecule has 2 aromatic carbocycles. The molecule has 0 aliphatic carbocycles. The van der Waals surface area contributed by atoms with E-state index in [0.717, 1.165) is 16.5 Å². The average Bonchev–Trinajstić information content (AvgIpc) is 2.74. The lowest BCUT2D eigenvalue weighted by Gasteiger charge is -2.20. The number of methoxy groups -OCH3 is 1. The number of hydrogen-bond acceptors (Lipinski definition) is 5.